The first kappa shape index (κ1) is 15.6. The van der Waals surface area contributed by atoms with Gasteiger partial charge in [-0.25, -0.2) is 0 Å². The molecule has 4 heteroatoms. The summed E-state index contributed by atoms with van der Waals surface area (Å²) in [5, 5.41) is 2.07. The van der Waals surface area contributed by atoms with Gasteiger partial charge in [0.1, 0.15) is 0 Å². The van der Waals surface area contributed by atoms with Gasteiger partial charge in [0.25, 0.3) is 0 Å². The molecule has 0 saturated carbocycles. The van der Waals surface area contributed by atoms with Crippen molar-refractivity contribution < 1.29 is 4.79 Å². The summed E-state index contributed by atoms with van der Waals surface area (Å²) in [5.74, 6) is 0.372. The Balaban J connectivity index is 1.94. The van der Waals surface area contributed by atoms with Crippen LogP contribution in [0.4, 0.5) is 5.69 Å². The average Bonchev–Trinajstić information content (AvgIpc) is 2.84. The van der Waals surface area contributed by atoms with Crippen LogP contribution >= 0.6 is 11.3 Å². The fourth-order valence-corrected chi connectivity index (χ4v) is 3.19. The van der Waals surface area contributed by atoms with E-state index in [1.807, 2.05) is 36.2 Å². The Kier molecular flexibility index (Phi) is 5.02. The van der Waals surface area contributed by atoms with Crippen LogP contribution in [0, 0.1) is 6.92 Å². The van der Waals surface area contributed by atoms with Crippen LogP contribution in [0.1, 0.15) is 35.3 Å². The molecule has 21 heavy (non-hydrogen) atoms. The van der Waals surface area contributed by atoms with Gasteiger partial charge in [-0.2, -0.15) is 0 Å². The van der Waals surface area contributed by atoms with Crippen LogP contribution in [0.15, 0.2) is 35.7 Å². The van der Waals surface area contributed by atoms with Crippen LogP contribution in [0.25, 0.3) is 0 Å². The standard InChI is InChI=1S/C17H22N2OS/c1-12-8-9-21-16(12)11-19(3)17(20)10-13(2)14-4-6-15(18)7-5-14/h4-9,13H,10-11,18H2,1-3H3. The van der Waals surface area contributed by atoms with Gasteiger partial charge in [-0.05, 0) is 47.5 Å². The van der Waals surface area contributed by atoms with Crippen LogP contribution in [0.3, 0.4) is 0 Å². The first-order chi connectivity index (χ1) is 9.97. The number of carbonyl (C=O) groups is 1. The first-order valence-corrected chi connectivity index (χ1v) is 7.97. The maximum atomic E-state index is 12.3. The van der Waals surface area contributed by atoms with Gasteiger partial charge in [-0.1, -0.05) is 19.1 Å². The molecule has 1 atom stereocenters. The molecule has 1 amide bonds. The molecule has 0 saturated heterocycles. The number of aryl methyl sites for hydroxylation is 1. The number of anilines is 1. The molecule has 0 bridgehead atoms. The van der Waals surface area contributed by atoms with Crippen molar-refractivity contribution in [2.45, 2.75) is 32.7 Å². The molecule has 0 radical (unpaired) electrons. The van der Waals surface area contributed by atoms with E-state index in [2.05, 4.69) is 25.3 Å². The predicted octanol–water partition coefficient (Wildman–Crippen LogP) is 3.79. The summed E-state index contributed by atoms with van der Waals surface area (Å²) >= 11 is 1.70. The number of carbonyl (C=O) groups excluding carboxylic acids is 1. The van der Waals surface area contributed by atoms with Gasteiger partial charge in [-0.3, -0.25) is 4.79 Å². The monoisotopic (exact) mass is 302 g/mol. The van der Waals surface area contributed by atoms with E-state index in [9.17, 15) is 4.79 Å². The molecule has 1 aromatic heterocycles. The van der Waals surface area contributed by atoms with Crippen molar-refractivity contribution in [2.24, 2.45) is 0 Å². The summed E-state index contributed by atoms with van der Waals surface area (Å²) < 4.78 is 0. The lowest BCUT2D eigenvalue weighted by Crippen LogP contribution is -2.27. The highest BCUT2D eigenvalue weighted by molar-refractivity contribution is 7.10. The molecule has 3 nitrogen and oxygen atoms in total. The molecule has 1 aromatic carbocycles. The lowest BCUT2D eigenvalue weighted by molar-refractivity contribution is -0.130. The third-order valence-electron chi connectivity index (χ3n) is 3.76. The number of nitrogens with two attached hydrogens (primary N) is 1. The Morgan fingerprint density at radius 1 is 1.29 bits per heavy atom. The van der Waals surface area contributed by atoms with E-state index in [-0.39, 0.29) is 11.8 Å². The highest BCUT2D eigenvalue weighted by Gasteiger charge is 2.16. The van der Waals surface area contributed by atoms with Crippen LogP contribution in [0.5, 0.6) is 0 Å². The zero-order valence-corrected chi connectivity index (χ0v) is 13.6. The second-order valence-electron chi connectivity index (χ2n) is 5.55. The summed E-state index contributed by atoms with van der Waals surface area (Å²) in [5.41, 5.74) is 8.85. The maximum absolute atomic E-state index is 12.3. The smallest absolute Gasteiger partial charge is 0.223 e. The van der Waals surface area contributed by atoms with Crippen molar-refractivity contribution in [1.29, 1.82) is 0 Å². The fourth-order valence-electron chi connectivity index (χ4n) is 2.23. The molecule has 2 rings (SSSR count). The van der Waals surface area contributed by atoms with E-state index >= 15 is 0 Å². The summed E-state index contributed by atoms with van der Waals surface area (Å²) in [6.45, 7) is 4.85. The molecule has 112 valence electrons. The summed E-state index contributed by atoms with van der Waals surface area (Å²) in [4.78, 5) is 15.4. The lowest BCUT2D eigenvalue weighted by Gasteiger charge is -2.20. The van der Waals surface area contributed by atoms with Crippen LogP contribution in [-0.4, -0.2) is 17.9 Å². The summed E-state index contributed by atoms with van der Waals surface area (Å²) in [7, 11) is 1.87. The summed E-state index contributed by atoms with van der Waals surface area (Å²) in [6, 6.07) is 9.85. The van der Waals surface area contributed by atoms with E-state index in [4.69, 9.17) is 5.73 Å². The van der Waals surface area contributed by atoms with Crippen LogP contribution in [0.2, 0.25) is 0 Å². The van der Waals surface area contributed by atoms with Crippen molar-refractivity contribution in [3.63, 3.8) is 0 Å². The number of benzene rings is 1. The van der Waals surface area contributed by atoms with Gasteiger partial charge in [0.15, 0.2) is 0 Å². The van der Waals surface area contributed by atoms with Gasteiger partial charge < -0.3 is 10.6 Å². The SMILES string of the molecule is Cc1ccsc1CN(C)C(=O)CC(C)c1ccc(N)cc1. The van der Waals surface area contributed by atoms with E-state index in [1.165, 1.54) is 10.4 Å². The average molecular weight is 302 g/mol. The number of nitrogens with zero attached hydrogens (tertiary/aromatic N) is 1. The molecule has 0 aliphatic carbocycles. The van der Waals surface area contributed by atoms with Crippen molar-refractivity contribution in [2.75, 3.05) is 12.8 Å². The molecular formula is C17H22N2OS. The second kappa shape index (κ2) is 6.76. The van der Waals surface area contributed by atoms with E-state index < -0.39 is 0 Å². The number of nitrogen functional groups attached to an aromatic ring is 1. The molecular weight excluding hydrogens is 280 g/mol. The second-order valence-corrected chi connectivity index (χ2v) is 6.55. The molecule has 2 aromatic rings. The Labute approximate surface area is 130 Å². The van der Waals surface area contributed by atoms with Crippen molar-refractivity contribution in [1.82, 2.24) is 4.90 Å². The minimum Gasteiger partial charge on any atom is -0.399 e. The summed E-state index contributed by atoms with van der Waals surface area (Å²) in [6.07, 6.45) is 0.519. The van der Waals surface area contributed by atoms with Crippen molar-refractivity contribution >= 4 is 22.9 Å². The molecule has 1 unspecified atom stereocenters. The number of amides is 1. The zero-order valence-electron chi connectivity index (χ0n) is 12.8. The third-order valence-corrected chi connectivity index (χ3v) is 4.77. The van der Waals surface area contributed by atoms with Crippen molar-refractivity contribution in [3.05, 3.63) is 51.7 Å². The maximum Gasteiger partial charge on any atom is 0.223 e. The highest BCUT2D eigenvalue weighted by atomic mass is 32.1. The van der Waals surface area contributed by atoms with Gasteiger partial charge in [-0.15, -0.1) is 11.3 Å². The highest BCUT2D eigenvalue weighted by Crippen LogP contribution is 2.22. The molecule has 0 aliphatic heterocycles. The Morgan fingerprint density at radius 2 is 1.95 bits per heavy atom. The number of hydrogen-bond donors (Lipinski definition) is 1. The van der Waals surface area contributed by atoms with Gasteiger partial charge in [0.2, 0.25) is 5.91 Å². The molecule has 0 fully saturated rings. The van der Waals surface area contributed by atoms with E-state index in [0.717, 1.165) is 11.3 Å². The Morgan fingerprint density at radius 3 is 2.52 bits per heavy atom. The van der Waals surface area contributed by atoms with Crippen LogP contribution in [-0.2, 0) is 11.3 Å². The molecule has 0 spiro atoms. The Bertz CT molecular complexity index is 604. The van der Waals surface area contributed by atoms with Gasteiger partial charge >= 0.3 is 0 Å². The molecule has 1 heterocycles. The zero-order chi connectivity index (χ0) is 15.4. The van der Waals surface area contributed by atoms with E-state index in [1.54, 1.807) is 11.3 Å². The normalized spacial score (nSPS) is 12.1. The minimum absolute atomic E-state index is 0.173. The molecule has 2 N–H and O–H groups in total. The van der Waals surface area contributed by atoms with Crippen LogP contribution < -0.4 is 5.73 Å². The topological polar surface area (TPSA) is 46.3 Å². The predicted molar refractivity (Wildman–Crippen MR) is 89.4 cm³/mol. The van der Waals surface area contributed by atoms with Gasteiger partial charge in [0.05, 0.1) is 6.54 Å². The van der Waals surface area contributed by atoms with Gasteiger partial charge in [0, 0.05) is 24.0 Å². The number of thiophene rings is 1. The fraction of sp³-hybridized carbons (Fsp3) is 0.353. The Hall–Kier alpha value is -1.81. The molecule has 0 aliphatic rings. The number of rotatable bonds is 5. The largest absolute Gasteiger partial charge is 0.399 e. The first-order valence-electron chi connectivity index (χ1n) is 7.09. The number of hydrogen-bond acceptors (Lipinski definition) is 3. The lowest BCUT2D eigenvalue weighted by atomic mass is 9.97. The minimum atomic E-state index is 0.173. The van der Waals surface area contributed by atoms with E-state index in [0.29, 0.717) is 13.0 Å². The third kappa shape index (κ3) is 4.08. The van der Waals surface area contributed by atoms with Crippen molar-refractivity contribution in [3.8, 4) is 0 Å². The quantitative estimate of drug-likeness (QED) is 0.854.